The summed E-state index contributed by atoms with van der Waals surface area (Å²) in [6.45, 7) is 0. The van der Waals surface area contributed by atoms with Crippen molar-refractivity contribution in [3.8, 4) is 78.1 Å². The molecule has 0 aliphatic rings. The van der Waals surface area contributed by atoms with Gasteiger partial charge in [0, 0.05) is 130 Å². The third-order valence-corrected chi connectivity index (χ3v) is 26.4. The summed E-state index contributed by atoms with van der Waals surface area (Å²) in [5, 5.41) is 17.6. The van der Waals surface area contributed by atoms with Gasteiger partial charge >= 0.3 is 0 Å². The van der Waals surface area contributed by atoms with Gasteiger partial charge in [0.05, 0.1) is 22.1 Å². The maximum Gasteiger partial charge on any atom is 0.137 e. The molecule has 0 unspecified atom stereocenters. The van der Waals surface area contributed by atoms with E-state index in [0.717, 1.165) is 50.0 Å². The molecule has 0 radical (unpaired) electrons. The van der Waals surface area contributed by atoms with Crippen molar-refractivity contribution in [2.75, 3.05) is 0 Å². The average Bonchev–Trinajstić information content (AvgIpc) is 1.57. The lowest BCUT2D eigenvalue weighted by Gasteiger charge is -2.12. The number of hydrogen-bond acceptors (Lipinski definition) is 5. The summed E-state index contributed by atoms with van der Waals surface area (Å²) >= 11 is 7.56. The molecule has 0 N–H and O–H groups in total. The standard InChI is InChI=1S/C96H54N2OS4/c1-2-14-55(15-3-1)56-32-37-64(38-33-56)97-80-45-35-60(49-79(80)94-81(97)46-44-73-72-19-5-9-24-86(72)102-96(73)94)59-16-12-17-62(48-59)68-43-42-67(93-75-21-7-11-26-88(75)103-95(68)93)58-30-28-57(29-31-58)61-34-40-69-76-54-91-78(53-83(76)98(82(69)51-61)65-39-41-71-70-18-4-8-23-84(70)99-85(71)52-65)77-50-63(36-47-89(77)101-91)66-22-13-27-90-92(66)74-20-6-10-25-87(74)100-90/h1-54H. The van der Waals surface area contributed by atoms with E-state index in [1.807, 2.05) is 45.3 Å². The number of furan rings is 1. The van der Waals surface area contributed by atoms with E-state index in [0.29, 0.717) is 0 Å². The smallest absolute Gasteiger partial charge is 0.137 e. The van der Waals surface area contributed by atoms with E-state index in [1.165, 1.54) is 174 Å². The van der Waals surface area contributed by atoms with Gasteiger partial charge < -0.3 is 13.6 Å². The first-order valence-electron chi connectivity index (χ1n) is 35.0. The Hall–Kier alpha value is -12.2. The molecular formula is C96H54N2OS4. The molecule has 0 saturated heterocycles. The zero-order chi connectivity index (χ0) is 67.1. The Bertz CT molecular complexity index is 7540. The van der Waals surface area contributed by atoms with Crippen LogP contribution in [0.5, 0.6) is 0 Å². The van der Waals surface area contributed by atoms with Crippen LogP contribution in [0, 0.1) is 0 Å². The Balaban J connectivity index is 0.630. The highest BCUT2D eigenvalue weighted by molar-refractivity contribution is 7.27. The van der Waals surface area contributed by atoms with Crippen molar-refractivity contribution in [3.63, 3.8) is 0 Å². The van der Waals surface area contributed by atoms with E-state index in [1.54, 1.807) is 0 Å². The van der Waals surface area contributed by atoms with Crippen LogP contribution in [-0.2, 0) is 0 Å². The second kappa shape index (κ2) is 22.1. The first-order valence-corrected chi connectivity index (χ1v) is 38.3. The van der Waals surface area contributed by atoms with Crippen LogP contribution in [-0.4, -0.2) is 9.13 Å². The number of fused-ring (bicyclic) bond motifs is 22. The molecule has 23 rings (SSSR count). The topological polar surface area (TPSA) is 23.0 Å². The van der Waals surface area contributed by atoms with Gasteiger partial charge in [0.2, 0.25) is 0 Å². The summed E-state index contributed by atoms with van der Waals surface area (Å²) in [5.74, 6) is 0. The largest absolute Gasteiger partial charge is 0.456 e. The van der Waals surface area contributed by atoms with Crippen molar-refractivity contribution in [1.82, 2.24) is 9.13 Å². The molecule has 7 heterocycles. The molecule has 0 aliphatic heterocycles. The van der Waals surface area contributed by atoms with Crippen molar-refractivity contribution in [2.45, 2.75) is 0 Å². The number of nitrogens with zero attached hydrogens (tertiary/aromatic N) is 2. The SMILES string of the molecule is c1ccc(-c2ccc(-n3c4ccc(-c5cccc(-c6ccc(-c7ccc(-c8ccc9c%10cc%11sc%12ccc(-c%13cccc%14sc%15ccccc%15c%13%14)cc%12c%11cc%10n(-c%10ccc%11c(c%10)oc%10ccccc%10%11)c9c8)cc7)c7c6sc6ccccc67)c5)cc4c4c5sc6ccccc6c5ccc43)cc2)cc1. The highest BCUT2D eigenvalue weighted by atomic mass is 32.1. The van der Waals surface area contributed by atoms with E-state index >= 15 is 0 Å². The summed E-state index contributed by atoms with van der Waals surface area (Å²) in [7, 11) is 0. The molecule has 103 heavy (non-hydrogen) atoms. The molecule has 478 valence electrons. The van der Waals surface area contributed by atoms with E-state index in [9.17, 15) is 0 Å². The maximum absolute atomic E-state index is 6.62. The van der Waals surface area contributed by atoms with Crippen LogP contribution in [0.25, 0.3) is 224 Å². The second-order valence-electron chi connectivity index (χ2n) is 27.3. The lowest BCUT2D eigenvalue weighted by Crippen LogP contribution is -1.94. The summed E-state index contributed by atoms with van der Waals surface area (Å²) in [6.07, 6.45) is 0. The van der Waals surface area contributed by atoms with E-state index < -0.39 is 0 Å². The van der Waals surface area contributed by atoms with E-state index in [4.69, 9.17) is 4.42 Å². The Kier molecular flexibility index (Phi) is 12.4. The zero-order valence-electron chi connectivity index (χ0n) is 55.1. The van der Waals surface area contributed by atoms with Crippen LogP contribution in [0.3, 0.4) is 0 Å². The highest BCUT2D eigenvalue weighted by Gasteiger charge is 2.24. The van der Waals surface area contributed by atoms with Crippen molar-refractivity contribution in [3.05, 3.63) is 328 Å². The molecule has 0 saturated carbocycles. The Morgan fingerprint density at radius 1 is 0.194 bits per heavy atom. The maximum atomic E-state index is 6.62. The summed E-state index contributed by atoms with van der Waals surface area (Å²) < 4.78 is 22.0. The minimum atomic E-state index is 0.876. The molecule has 23 aromatic rings. The quantitative estimate of drug-likeness (QED) is 0.149. The molecule has 7 aromatic heterocycles. The minimum absolute atomic E-state index is 0.876. The molecule has 0 amide bonds. The van der Waals surface area contributed by atoms with Crippen LogP contribution in [0.15, 0.2) is 332 Å². The van der Waals surface area contributed by atoms with E-state index in [2.05, 4.69) is 337 Å². The van der Waals surface area contributed by atoms with Gasteiger partial charge in [0.1, 0.15) is 11.2 Å². The summed E-state index contributed by atoms with van der Waals surface area (Å²) in [6, 6.07) is 122. The first-order chi connectivity index (χ1) is 51.0. The van der Waals surface area contributed by atoms with Crippen molar-refractivity contribution < 1.29 is 4.42 Å². The van der Waals surface area contributed by atoms with Gasteiger partial charge in [-0.25, -0.2) is 0 Å². The zero-order valence-corrected chi connectivity index (χ0v) is 58.4. The average molecular weight is 1380 g/mol. The predicted molar refractivity (Wildman–Crippen MR) is 447 cm³/mol. The van der Waals surface area contributed by atoms with Gasteiger partial charge in [-0.05, 0) is 176 Å². The fourth-order valence-electron chi connectivity index (χ4n) is 17.0. The number of hydrogen-bond donors (Lipinski definition) is 0. The van der Waals surface area contributed by atoms with Gasteiger partial charge in [-0.1, -0.05) is 212 Å². The lowest BCUT2D eigenvalue weighted by molar-refractivity contribution is 0.668. The van der Waals surface area contributed by atoms with E-state index in [-0.39, 0.29) is 0 Å². The number of para-hydroxylation sites is 1. The Labute approximate surface area is 606 Å². The van der Waals surface area contributed by atoms with Crippen molar-refractivity contribution in [1.29, 1.82) is 0 Å². The fraction of sp³-hybridized carbons (Fsp3) is 0. The molecule has 0 fully saturated rings. The first kappa shape index (κ1) is 57.5. The Morgan fingerprint density at radius 3 is 1.57 bits per heavy atom. The van der Waals surface area contributed by atoms with Gasteiger partial charge in [0.15, 0.2) is 0 Å². The normalized spacial score (nSPS) is 12.3. The van der Waals surface area contributed by atoms with Crippen molar-refractivity contribution in [2.24, 2.45) is 0 Å². The third kappa shape index (κ3) is 8.72. The van der Waals surface area contributed by atoms with Crippen LogP contribution in [0.4, 0.5) is 0 Å². The fourth-order valence-corrected chi connectivity index (χ4v) is 21.7. The van der Waals surface area contributed by atoms with Crippen LogP contribution in [0.1, 0.15) is 0 Å². The number of rotatable bonds is 8. The molecule has 3 nitrogen and oxygen atoms in total. The molecule has 0 spiro atoms. The summed E-state index contributed by atoms with van der Waals surface area (Å²) in [5.41, 5.74) is 23.2. The van der Waals surface area contributed by atoms with Gasteiger partial charge in [-0.3, -0.25) is 0 Å². The molecule has 0 bridgehead atoms. The Morgan fingerprint density at radius 2 is 0.709 bits per heavy atom. The lowest BCUT2D eigenvalue weighted by atomic mass is 9.92. The van der Waals surface area contributed by atoms with Gasteiger partial charge in [-0.2, -0.15) is 0 Å². The minimum Gasteiger partial charge on any atom is -0.456 e. The third-order valence-electron chi connectivity index (χ3n) is 21.8. The summed E-state index contributed by atoms with van der Waals surface area (Å²) in [4.78, 5) is 0. The van der Waals surface area contributed by atoms with Crippen LogP contribution < -0.4 is 0 Å². The monoisotopic (exact) mass is 1380 g/mol. The van der Waals surface area contributed by atoms with Gasteiger partial charge in [-0.15, -0.1) is 45.3 Å². The van der Waals surface area contributed by atoms with Gasteiger partial charge in [0.25, 0.3) is 0 Å². The number of benzene rings is 16. The highest BCUT2D eigenvalue weighted by Crippen LogP contribution is 2.50. The molecule has 0 atom stereocenters. The number of aromatic nitrogens is 2. The molecule has 7 heteroatoms. The number of thiophene rings is 4. The molecule has 0 aliphatic carbocycles. The van der Waals surface area contributed by atoms with Crippen LogP contribution in [0.2, 0.25) is 0 Å². The molecular weight excluding hydrogens is 1330 g/mol. The van der Waals surface area contributed by atoms with Crippen LogP contribution >= 0.6 is 45.3 Å². The second-order valence-corrected chi connectivity index (χ2v) is 31.6. The van der Waals surface area contributed by atoms with Crippen molar-refractivity contribution >= 4 is 192 Å². The molecule has 16 aromatic carbocycles. The predicted octanol–water partition coefficient (Wildman–Crippen LogP) is 29.3.